The minimum atomic E-state index is -1.01. The van der Waals surface area contributed by atoms with E-state index in [0.717, 1.165) is 6.07 Å². The first-order chi connectivity index (χ1) is 10.1. The molecule has 2 aromatic carbocycles. The van der Waals surface area contributed by atoms with Crippen molar-refractivity contribution in [2.24, 2.45) is 5.84 Å². The second-order valence-electron chi connectivity index (χ2n) is 4.57. The van der Waals surface area contributed by atoms with Crippen molar-refractivity contribution in [2.75, 3.05) is 0 Å². The van der Waals surface area contributed by atoms with Crippen LogP contribution in [0.4, 0.5) is 13.2 Å². The summed E-state index contributed by atoms with van der Waals surface area (Å²) in [7, 11) is 0. The van der Waals surface area contributed by atoms with E-state index in [1.54, 1.807) is 0 Å². The fraction of sp³-hybridized carbons (Fsp3) is 0.0667. The fourth-order valence-electron chi connectivity index (χ4n) is 2.25. The van der Waals surface area contributed by atoms with Crippen LogP contribution in [0.3, 0.4) is 0 Å². The number of hydrogen-bond acceptors (Lipinski definition) is 3. The van der Waals surface area contributed by atoms with Gasteiger partial charge in [-0.2, -0.15) is 0 Å². The highest BCUT2D eigenvalue weighted by Crippen LogP contribution is 2.30. The Morgan fingerprint density at radius 2 is 1.86 bits per heavy atom. The average Bonchev–Trinajstić information content (AvgIpc) is 2.87. The second-order valence-corrected chi connectivity index (χ2v) is 4.57. The molecule has 0 aliphatic rings. The summed E-state index contributed by atoms with van der Waals surface area (Å²) in [6.45, 7) is 0. The van der Waals surface area contributed by atoms with Crippen LogP contribution >= 0.6 is 0 Å². The summed E-state index contributed by atoms with van der Waals surface area (Å²) in [6, 6.07) is 8.45. The van der Waals surface area contributed by atoms with Crippen LogP contribution in [-0.2, 0) is 0 Å². The van der Waals surface area contributed by atoms with E-state index >= 15 is 0 Å². The van der Waals surface area contributed by atoms with E-state index in [2.05, 4.69) is 5.43 Å². The van der Waals surface area contributed by atoms with Gasteiger partial charge in [0.25, 0.3) is 0 Å². The smallest absolute Gasteiger partial charge is 0.164 e. The monoisotopic (exact) mass is 292 g/mol. The molecule has 108 valence electrons. The number of rotatable bonds is 3. The predicted octanol–water partition coefficient (Wildman–Crippen LogP) is 3.40. The molecule has 0 bridgehead atoms. The Bertz CT molecular complexity index is 801. The molecule has 21 heavy (non-hydrogen) atoms. The molecule has 1 aromatic heterocycles. The van der Waals surface area contributed by atoms with Crippen molar-refractivity contribution in [3.05, 3.63) is 71.2 Å². The number of hydrogen-bond donors (Lipinski definition) is 2. The molecule has 0 fully saturated rings. The summed E-state index contributed by atoms with van der Waals surface area (Å²) in [5, 5.41) is 0.516. The summed E-state index contributed by atoms with van der Waals surface area (Å²) in [5.74, 6) is 3.30. The maximum absolute atomic E-state index is 13.9. The Labute approximate surface area is 118 Å². The first-order valence-corrected chi connectivity index (χ1v) is 6.19. The lowest BCUT2D eigenvalue weighted by Crippen LogP contribution is -2.29. The molecule has 3 aromatic rings. The van der Waals surface area contributed by atoms with Gasteiger partial charge < -0.3 is 4.42 Å². The van der Waals surface area contributed by atoms with Crippen molar-refractivity contribution in [1.82, 2.24) is 5.43 Å². The van der Waals surface area contributed by atoms with Crippen molar-refractivity contribution in [2.45, 2.75) is 6.04 Å². The third-order valence-corrected chi connectivity index (χ3v) is 3.24. The summed E-state index contributed by atoms with van der Waals surface area (Å²) in [6.07, 6.45) is 0. The number of halogens is 3. The number of nitrogens with one attached hydrogen (secondary N) is 1. The van der Waals surface area contributed by atoms with Crippen molar-refractivity contribution < 1.29 is 17.6 Å². The molecule has 3 N–H and O–H groups in total. The van der Waals surface area contributed by atoms with Gasteiger partial charge in [0.15, 0.2) is 11.6 Å². The van der Waals surface area contributed by atoms with E-state index in [0.29, 0.717) is 11.0 Å². The molecule has 0 aliphatic heterocycles. The van der Waals surface area contributed by atoms with Gasteiger partial charge in [0.05, 0.1) is 0 Å². The number of benzene rings is 2. The lowest BCUT2D eigenvalue weighted by molar-refractivity contribution is 0.444. The quantitative estimate of drug-likeness (QED) is 0.574. The van der Waals surface area contributed by atoms with Crippen molar-refractivity contribution in [3.8, 4) is 0 Å². The first-order valence-electron chi connectivity index (χ1n) is 6.19. The SMILES string of the molecule is NNC(c1cc2cc(F)ccc2o1)c1cccc(F)c1F. The average molecular weight is 292 g/mol. The Kier molecular flexibility index (Phi) is 3.40. The van der Waals surface area contributed by atoms with E-state index in [-0.39, 0.29) is 11.3 Å². The largest absolute Gasteiger partial charge is 0.459 e. The Morgan fingerprint density at radius 1 is 1.05 bits per heavy atom. The number of nitrogens with two attached hydrogens (primary N) is 1. The van der Waals surface area contributed by atoms with Crippen molar-refractivity contribution in [3.63, 3.8) is 0 Å². The predicted molar refractivity (Wildman–Crippen MR) is 71.7 cm³/mol. The molecule has 0 aliphatic carbocycles. The van der Waals surface area contributed by atoms with E-state index in [9.17, 15) is 13.2 Å². The third-order valence-electron chi connectivity index (χ3n) is 3.24. The molecule has 0 amide bonds. The molecular formula is C15H11F3N2O. The van der Waals surface area contributed by atoms with Crippen LogP contribution in [-0.4, -0.2) is 0 Å². The number of furan rings is 1. The molecule has 3 nitrogen and oxygen atoms in total. The molecule has 3 rings (SSSR count). The summed E-state index contributed by atoms with van der Waals surface area (Å²) >= 11 is 0. The van der Waals surface area contributed by atoms with Crippen LogP contribution in [0.1, 0.15) is 17.4 Å². The van der Waals surface area contributed by atoms with Gasteiger partial charge in [-0.3, -0.25) is 5.84 Å². The zero-order chi connectivity index (χ0) is 15.0. The van der Waals surface area contributed by atoms with Gasteiger partial charge in [0.1, 0.15) is 23.2 Å². The zero-order valence-electron chi connectivity index (χ0n) is 10.7. The molecule has 0 saturated carbocycles. The summed E-state index contributed by atoms with van der Waals surface area (Å²) in [4.78, 5) is 0. The fourth-order valence-corrected chi connectivity index (χ4v) is 2.25. The maximum Gasteiger partial charge on any atom is 0.164 e. The highest BCUT2D eigenvalue weighted by atomic mass is 19.2. The van der Waals surface area contributed by atoms with Gasteiger partial charge >= 0.3 is 0 Å². The minimum Gasteiger partial charge on any atom is -0.459 e. The number of fused-ring (bicyclic) bond motifs is 1. The summed E-state index contributed by atoms with van der Waals surface area (Å²) < 4.78 is 45.9. The van der Waals surface area contributed by atoms with Gasteiger partial charge in [-0.25, -0.2) is 18.6 Å². The third kappa shape index (κ3) is 2.39. The van der Waals surface area contributed by atoms with Gasteiger partial charge in [0, 0.05) is 10.9 Å². The molecule has 1 heterocycles. The number of hydrazine groups is 1. The van der Waals surface area contributed by atoms with Gasteiger partial charge in [-0.1, -0.05) is 12.1 Å². The molecule has 6 heteroatoms. The molecule has 0 saturated heterocycles. The van der Waals surface area contributed by atoms with Crippen LogP contribution in [0, 0.1) is 17.5 Å². The summed E-state index contributed by atoms with van der Waals surface area (Å²) in [5.41, 5.74) is 2.83. The Balaban J connectivity index is 2.11. The van der Waals surface area contributed by atoms with Crippen molar-refractivity contribution >= 4 is 11.0 Å². The van der Waals surface area contributed by atoms with Crippen LogP contribution in [0.15, 0.2) is 46.9 Å². The van der Waals surface area contributed by atoms with Crippen molar-refractivity contribution in [1.29, 1.82) is 0 Å². The van der Waals surface area contributed by atoms with Gasteiger partial charge in [0.2, 0.25) is 0 Å². The minimum absolute atomic E-state index is 0.0111. The standard InChI is InChI=1S/C15H11F3N2O/c16-9-4-5-12-8(6-9)7-13(21-12)15(20-19)10-2-1-3-11(17)14(10)18/h1-7,15,20H,19H2. The lowest BCUT2D eigenvalue weighted by Gasteiger charge is -2.14. The highest BCUT2D eigenvalue weighted by molar-refractivity contribution is 5.78. The van der Waals surface area contributed by atoms with Crippen LogP contribution < -0.4 is 11.3 Å². The topological polar surface area (TPSA) is 51.2 Å². The normalized spacial score (nSPS) is 12.8. The maximum atomic E-state index is 13.9. The van der Waals surface area contributed by atoms with Crippen LogP contribution in [0.2, 0.25) is 0 Å². The van der Waals surface area contributed by atoms with E-state index < -0.39 is 23.5 Å². The Hall–Kier alpha value is -2.31. The zero-order valence-corrected chi connectivity index (χ0v) is 10.7. The first kappa shape index (κ1) is 13.7. The van der Waals surface area contributed by atoms with E-state index in [1.165, 1.54) is 36.4 Å². The second kappa shape index (κ2) is 5.23. The molecule has 0 radical (unpaired) electrons. The molecule has 1 atom stereocenters. The highest BCUT2D eigenvalue weighted by Gasteiger charge is 2.22. The van der Waals surface area contributed by atoms with Crippen LogP contribution in [0.5, 0.6) is 0 Å². The molecular weight excluding hydrogens is 281 g/mol. The lowest BCUT2D eigenvalue weighted by atomic mass is 10.0. The van der Waals surface area contributed by atoms with E-state index in [1.807, 2.05) is 0 Å². The molecule has 1 unspecified atom stereocenters. The van der Waals surface area contributed by atoms with Gasteiger partial charge in [-0.15, -0.1) is 0 Å². The van der Waals surface area contributed by atoms with E-state index in [4.69, 9.17) is 10.3 Å². The Morgan fingerprint density at radius 3 is 2.62 bits per heavy atom. The van der Waals surface area contributed by atoms with Crippen LogP contribution in [0.25, 0.3) is 11.0 Å². The molecule has 0 spiro atoms. The van der Waals surface area contributed by atoms with Gasteiger partial charge in [-0.05, 0) is 30.3 Å².